The third-order valence-electron chi connectivity index (χ3n) is 3.12. The maximum absolute atomic E-state index is 5.99. The van der Waals surface area contributed by atoms with Crippen LogP contribution in [0.15, 0.2) is 4.47 Å². The summed E-state index contributed by atoms with van der Waals surface area (Å²) < 4.78 is 12.6. The van der Waals surface area contributed by atoms with E-state index in [-0.39, 0.29) is 5.60 Å². The van der Waals surface area contributed by atoms with Crippen molar-refractivity contribution in [2.75, 3.05) is 7.11 Å². The largest absolute Gasteiger partial charge is 0.493 e. The van der Waals surface area contributed by atoms with E-state index in [9.17, 15) is 0 Å². The van der Waals surface area contributed by atoms with Crippen LogP contribution in [0.25, 0.3) is 0 Å². The molecular weight excluding hydrogens is 268 g/mol. The summed E-state index contributed by atoms with van der Waals surface area (Å²) in [4.78, 5) is 0. The second-order valence-electron chi connectivity index (χ2n) is 4.94. The Morgan fingerprint density at radius 3 is 2.44 bits per heavy atom. The molecule has 2 nitrogen and oxygen atoms in total. The summed E-state index contributed by atoms with van der Waals surface area (Å²) in [6, 6.07) is 0. The van der Waals surface area contributed by atoms with Gasteiger partial charge >= 0.3 is 0 Å². The molecule has 1 aliphatic heterocycles. The predicted octanol–water partition coefficient (Wildman–Crippen LogP) is 3.79. The van der Waals surface area contributed by atoms with E-state index in [0.717, 1.165) is 28.0 Å². The van der Waals surface area contributed by atoms with E-state index in [4.69, 9.17) is 9.47 Å². The standard InChI is InChI=1S/C13H17BrO2/c1-7-9-6-13(3,4)16-12(9)11(15-5)8(2)10(7)14/h6H2,1-5H3. The van der Waals surface area contributed by atoms with Crippen LogP contribution in [0.4, 0.5) is 0 Å². The molecular formula is C13H17BrO2. The Morgan fingerprint density at radius 1 is 1.25 bits per heavy atom. The maximum Gasteiger partial charge on any atom is 0.165 e. The minimum atomic E-state index is -0.131. The predicted molar refractivity (Wildman–Crippen MR) is 68.6 cm³/mol. The summed E-state index contributed by atoms with van der Waals surface area (Å²) >= 11 is 3.63. The summed E-state index contributed by atoms with van der Waals surface area (Å²) in [5.41, 5.74) is 3.50. The molecule has 0 atom stereocenters. The minimum Gasteiger partial charge on any atom is -0.493 e. The van der Waals surface area contributed by atoms with Crippen molar-refractivity contribution < 1.29 is 9.47 Å². The van der Waals surface area contributed by atoms with Crippen molar-refractivity contribution in [3.8, 4) is 11.5 Å². The van der Waals surface area contributed by atoms with Crippen LogP contribution in [0.3, 0.4) is 0 Å². The summed E-state index contributed by atoms with van der Waals surface area (Å²) in [5.74, 6) is 1.78. The van der Waals surface area contributed by atoms with Crippen molar-refractivity contribution >= 4 is 15.9 Å². The topological polar surface area (TPSA) is 18.5 Å². The number of rotatable bonds is 1. The second-order valence-corrected chi connectivity index (χ2v) is 5.74. The van der Waals surface area contributed by atoms with E-state index < -0.39 is 0 Å². The summed E-state index contributed by atoms with van der Waals surface area (Å²) in [6.07, 6.45) is 0.934. The smallest absolute Gasteiger partial charge is 0.165 e. The molecule has 3 heteroatoms. The number of hydrogen-bond acceptors (Lipinski definition) is 2. The lowest BCUT2D eigenvalue weighted by atomic mass is 9.96. The molecule has 0 fully saturated rings. The van der Waals surface area contributed by atoms with Crippen molar-refractivity contribution in [1.29, 1.82) is 0 Å². The van der Waals surface area contributed by atoms with Gasteiger partial charge in [-0.25, -0.2) is 0 Å². The molecule has 2 rings (SSSR count). The van der Waals surface area contributed by atoms with Gasteiger partial charge in [0.25, 0.3) is 0 Å². The Hall–Kier alpha value is -0.700. The zero-order chi connectivity index (χ0) is 12.1. The third kappa shape index (κ3) is 1.61. The highest BCUT2D eigenvalue weighted by atomic mass is 79.9. The van der Waals surface area contributed by atoms with Crippen LogP contribution >= 0.6 is 15.9 Å². The molecule has 0 aromatic heterocycles. The quantitative estimate of drug-likeness (QED) is 0.781. The fourth-order valence-corrected chi connectivity index (χ4v) is 2.72. The number of methoxy groups -OCH3 is 1. The number of hydrogen-bond donors (Lipinski definition) is 0. The highest BCUT2D eigenvalue weighted by Crippen LogP contribution is 2.48. The van der Waals surface area contributed by atoms with Gasteiger partial charge in [-0.15, -0.1) is 0 Å². The van der Waals surface area contributed by atoms with Crippen LogP contribution in [0.1, 0.15) is 30.5 Å². The molecule has 0 amide bonds. The van der Waals surface area contributed by atoms with E-state index in [1.54, 1.807) is 7.11 Å². The summed E-state index contributed by atoms with van der Waals surface area (Å²) in [6.45, 7) is 8.38. The van der Waals surface area contributed by atoms with E-state index in [2.05, 4.69) is 36.7 Å². The van der Waals surface area contributed by atoms with Gasteiger partial charge < -0.3 is 9.47 Å². The first-order valence-electron chi connectivity index (χ1n) is 5.42. The average molecular weight is 285 g/mol. The van der Waals surface area contributed by atoms with Crippen LogP contribution in [-0.4, -0.2) is 12.7 Å². The van der Waals surface area contributed by atoms with E-state index >= 15 is 0 Å². The lowest BCUT2D eigenvalue weighted by molar-refractivity contribution is 0.134. The Morgan fingerprint density at radius 2 is 1.88 bits per heavy atom. The molecule has 0 bridgehead atoms. The fourth-order valence-electron chi connectivity index (χ4n) is 2.30. The van der Waals surface area contributed by atoms with Gasteiger partial charge in [0, 0.05) is 22.0 Å². The van der Waals surface area contributed by atoms with Gasteiger partial charge in [0.05, 0.1) is 7.11 Å². The van der Waals surface area contributed by atoms with E-state index in [0.29, 0.717) is 0 Å². The molecule has 0 radical (unpaired) electrons. The summed E-state index contributed by atoms with van der Waals surface area (Å²) in [7, 11) is 1.69. The molecule has 0 saturated heterocycles. The molecule has 0 aliphatic carbocycles. The Bertz CT molecular complexity index is 450. The monoisotopic (exact) mass is 284 g/mol. The van der Waals surface area contributed by atoms with Crippen molar-refractivity contribution in [2.24, 2.45) is 0 Å². The Kier molecular flexibility index (Phi) is 2.69. The first kappa shape index (κ1) is 11.8. The van der Waals surface area contributed by atoms with Crippen LogP contribution < -0.4 is 9.47 Å². The van der Waals surface area contributed by atoms with Crippen molar-refractivity contribution in [1.82, 2.24) is 0 Å². The van der Waals surface area contributed by atoms with Crippen LogP contribution in [0.5, 0.6) is 11.5 Å². The Labute approximate surface area is 105 Å². The Balaban J connectivity index is 2.70. The van der Waals surface area contributed by atoms with Crippen LogP contribution in [-0.2, 0) is 6.42 Å². The lowest BCUT2D eigenvalue weighted by Gasteiger charge is -2.18. The number of ether oxygens (including phenoxy) is 2. The van der Waals surface area contributed by atoms with Gasteiger partial charge in [0.1, 0.15) is 5.60 Å². The first-order valence-corrected chi connectivity index (χ1v) is 6.21. The average Bonchev–Trinajstić information content (AvgIpc) is 2.52. The van der Waals surface area contributed by atoms with E-state index in [1.807, 2.05) is 6.92 Å². The molecule has 0 N–H and O–H groups in total. The fraction of sp³-hybridized carbons (Fsp3) is 0.538. The molecule has 0 saturated carbocycles. The van der Waals surface area contributed by atoms with Gasteiger partial charge in [-0.2, -0.15) is 0 Å². The minimum absolute atomic E-state index is 0.131. The highest BCUT2D eigenvalue weighted by Gasteiger charge is 2.35. The number of halogens is 1. The molecule has 0 spiro atoms. The lowest BCUT2D eigenvalue weighted by Crippen LogP contribution is -2.24. The molecule has 1 aliphatic rings. The van der Waals surface area contributed by atoms with Gasteiger partial charge in [-0.3, -0.25) is 0 Å². The third-order valence-corrected chi connectivity index (χ3v) is 4.31. The van der Waals surface area contributed by atoms with Gasteiger partial charge in [0.15, 0.2) is 11.5 Å². The summed E-state index contributed by atoms with van der Waals surface area (Å²) in [5, 5.41) is 0. The molecule has 1 heterocycles. The van der Waals surface area contributed by atoms with Crippen molar-refractivity contribution in [2.45, 2.75) is 39.7 Å². The van der Waals surface area contributed by atoms with Crippen molar-refractivity contribution in [3.05, 3.63) is 21.2 Å². The molecule has 1 aromatic rings. The second kappa shape index (κ2) is 3.66. The van der Waals surface area contributed by atoms with Gasteiger partial charge in [-0.05, 0) is 33.3 Å². The zero-order valence-electron chi connectivity index (χ0n) is 10.4. The molecule has 1 aromatic carbocycles. The highest BCUT2D eigenvalue weighted by molar-refractivity contribution is 9.10. The number of benzene rings is 1. The van der Waals surface area contributed by atoms with Crippen LogP contribution in [0.2, 0.25) is 0 Å². The zero-order valence-corrected chi connectivity index (χ0v) is 12.0. The van der Waals surface area contributed by atoms with Crippen molar-refractivity contribution in [3.63, 3.8) is 0 Å². The molecule has 0 unspecified atom stereocenters. The first-order chi connectivity index (χ1) is 7.37. The maximum atomic E-state index is 5.99. The SMILES string of the molecule is COc1c(C)c(Br)c(C)c2c1OC(C)(C)C2. The molecule has 88 valence electrons. The van der Waals surface area contributed by atoms with Gasteiger partial charge in [-0.1, -0.05) is 15.9 Å². The van der Waals surface area contributed by atoms with Crippen LogP contribution in [0, 0.1) is 13.8 Å². The van der Waals surface area contributed by atoms with Gasteiger partial charge in [0.2, 0.25) is 0 Å². The molecule has 16 heavy (non-hydrogen) atoms. The number of fused-ring (bicyclic) bond motifs is 1. The van der Waals surface area contributed by atoms with E-state index in [1.165, 1.54) is 11.1 Å². The normalized spacial score (nSPS) is 16.9.